The molecule has 2 rings (SSSR count). The Balaban J connectivity index is 2.36. The van der Waals surface area contributed by atoms with Crippen LogP contribution >= 0.6 is 0 Å². The molecule has 2 aromatic carbocycles. The summed E-state index contributed by atoms with van der Waals surface area (Å²) in [5.41, 5.74) is 1.01. The molecule has 0 aromatic heterocycles. The Kier molecular flexibility index (Phi) is 6.38. The van der Waals surface area contributed by atoms with E-state index in [-0.39, 0.29) is 30.1 Å². The molecule has 1 atom stereocenters. The standard InChI is InChI=1S/C20H19NO5/c1-14(2)13-26-20(23)17(12-19(22)15-8-4-3-5-9-15)16-10-6-7-11-18(16)21(24)25/h3-11,17H,1,12-13H2,2H3. The van der Waals surface area contributed by atoms with Crippen LogP contribution in [0.4, 0.5) is 5.69 Å². The lowest BCUT2D eigenvalue weighted by molar-refractivity contribution is -0.385. The number of nitrogens with zero attached hydrogens (tertiary/aromatic N) is 1. The van der Waals surface area contributed by atoms with Gasteiger partial charge in [-0.2, -0.15) is 0 Å². The van der Waals surface area contributed by atoms with Crippen LogP contribution in [0.2, 0.25) is 0 Å². The van der Waals surface area contributed by atoms with Crippen LogP contribution in [0.3, 0.4) is 0 Å². The van der Waals surface area contributed by atoms with E-state index < -0.39 is 16.8 Å². The van der Waals surface area contributed by atoms with E-state index >= 15 is 0 Å². The normalized spacial score (nSPS) is 11.4. The van der Waals surface area contributed by atoms with Gasteiger partial charge in [0.05, 0.1) is 10.8 Å². The molecule has 0 aliphatic carbocycles. The smallest absolute Gasteiger partial charge is 0.314 e. The van der Waals surface area contributed by atoms with Crippen molar-refractivity contribution in [2.24, 2.45) is 0 Å². The van der Waals surface area contributed by atoms with Crippen molar-refractivity contribution < 1.29 is 19.2 Å². The highest BCUT2D eigenvalue weighted by atomic mass is 16.6. The van der Waals surface area contributed by atoms with Crippen LogP contribution in [0.1, 0.15) is 35.2 Å². The van der Waals surface area contributed by atoms with Gasteiger partial charge in [0.25, 0.3) is 5.69 Å². The summed E-state index contributed by atoms with van der Waals surface area (Å²) >= 11 is 0. The summed E-state index contributed by atoms with van der Waals surface area (Å²) in [6, 6.07) is 14.4. The minimum Gasteiger partial charge on any atom is -0.461 e. The Morgan fingerprint density at radius 2 is 1.73 bits per heavy atom. The Labute approximate surface area is 151 Å². The molecule has 0 saturated carbocycles. The molecule has 0 fully saturated rings. The number of carbonyl (C=O) groups excluding carboxylic acids is 2. The molecule has 0 bridgehead atoms. The molecule has 6 nitrogen and oxygen atoms in total. The van der Waals surface area contributed by atoms with E-state index in [1.807, 2.05) is 0 Å². The highest BCUT2D eigenvalue weighted by molar-refractivity contribution is 5.99. The van der Waals surface area contributed by atoms with E-state index in [0.29, 0.717) is 11.1 Å². The predicted octanol–water partition coefficient (Wildman–Crippen LogP) is 4.07. The molecule has 0 saturated heterocycles. The fourth-order valence-electron chi connectivity index (χ4n) is 2.49. The van der Waals surface area contributed by atoms with E-state index in [9.17, 15) is 19.7 Å². The van der Waals surface area contributed by atoms with Crippen molar-refractivity contribution in [3.8, 4) is 0 Å². The monoisotopic (exact) mass is 353 g/mol. The molecule has 0 spiro atoms. The maximum Gasteiger partial charge on any atom is 0.314 e. The van der Waals surface area contributed by atoms with E-state index in [1.165, 1.54) is 18.2 Å². The summed E-state index contributed by atoms with van der Waals surface area (Å²) in [6.45, 7) is 5.35. The summed E-state index contributed by atoms with van der Waals surface area (Å²) in [4.78, 5) is 35.9. The Hall–Kier alpha value is -3.28. The highest BCUT2D eigenvalue weighted by Gasteiger charge is 2.31. The third-order valence-corrected chi connectivity index (χ3v) is 3.74. The van der Waals surface area contributed by atoms with Crippen molar-refractivity contribution in [3.63, 3.8) is 0 Å². The number of ketones is 1. The molecular formula is C20H19NO5. The van der Waals surface area contributed by atoms with Crippen LogP contribution < -0.4 is 0 Å². The number of rotatable bonds is 8. The lowest BCUT2D eigenvalue weighted by Gasteiger charge is -2.16. The summed E-state index contributed by atoms with van der Waals surface area (Å²) in [6.07, 6.45) is -0.218. The molecule has 0 heterocycles. The van der Waals surface area contributed by atoms with Crippen molar-refractivity contribution >= 4 is 17.4 Å². The first-order chi connectivity index (χ1) is 12.4. The lowest BCUT2D eigenvalue weighted by atomic mass is 9.90. The first kappa shape index (κ1) is 19.1. The van der Waals surface area contributed by atoms with Crippen molar-refractivity contribution in [1.82, 2.24) is 0 Å². The molecule has 1 unspecified atom stereocenters. The lowest BCUT2D eigenvalue weighted by Crippen LogP contribution is -2.21. The van der Waals surface area contributed by atoms with Crippen LogP contribution in [0.25, 0.3) is 0 Å². The molecule has 26 heavy (non-hydrogen) atoms. The summed E-state index contributed by atoms with van der Waals surface area (Å²) in [5, 5.41) is 11.3. The number of Topliss-reactive ketones (excluding diaryl/α,β-unsaturated/α-hetero) is 1. The van der Waals surface area contributed by atoms with E-state index in [4.69, 9.17) is 4.74 Å². The van der Waals surface area contributed by atoms with Gasteiger partial charge >= 0.3 is 5.97 Å². The summed E-state index contributed by atoms with van der Waals surface area (Å²) in [7, 11) is 0. The maximum atomic E-state index is 12.6. The van der Waals surface area contributed by atoms with Gasteiger partial charge in [-0.25, -0.2) is 0 Å². The van der Waals surface area contributed by atoms with E-state index in [0.717, 1.165) is 0 Å². The van der Waals surface area contributed by atoms with Gasteiger partial charge in [-0.05, 0) is 12.5 Å². The molecule has 6 heteroatoms. The fourth-order valence-corrected chi connectivity index (χ4v) is 2.49. The van der Waals surface area contributed by atoms with Crippen molar-refractivity contribution in [1.29, 1.82) is 0 Å². The zero-order valence-electron chi connectivity index (χ0n) is 14.4. The minimum atomic E-state index is -1.07. The van der Waals surface area contributed by atoms with Crippen LogP contribution in [0.5, 0.6) is 0 Å². The number of nitro groups is 1. The van der Waals surface area contributed by atoms with Crippen LogP contribution in [0.15, 0.2) is 66.7 Å². The third-order valence-electron chi connectivity index (χ3n) is 3.74. The molecule has 0 radical (unpaired) electrons. The van der Waals surface area contributed by atoms with Gasteiger partial charge in [-0.3, -0.25) is 19.7 Å². The van der Waals surface area contributed by atoms with Crippen LogP contribution in [0, 0.1) is 10.1 Å². The summed E-state index contributed by atoms with van der Waals surface area (Å²) < 4.78 is 5.18. The molecule has 0 N–H and O–H groups in total. The van der Waals surface area contributed by atoms with Gasteiger partial charge < -0.3 is 4.74 Å². The van der Waals surface area contributed by atoms with Crippen molar-refractivity contribution in [2.45, 2.75) is 19.3 Å². The van der Waals surface area contributed by atoms with Crippen LogP contribution in [-0.4, -0.2) is 23.3 Å². The Bertz CT molecular complexity index is 829. The zero-order chi connectivity index (χ0) is 19.1. The predicted molar refractivity (Wildman–Crippen MR) is 97.0 cm³/mol. The second-order valence-electron chi connectivity index (χ2n) is 5.93. The van der Waals surface area contributed by atoms with Gasteiger partial charge in [0.1, 0.15) is 6.61 Å². The molecule has 134 valence electrons. The Morgan fingerprint density at radius 3 is 2.35 bits per heavy atom. The zero-order valence-corrected chi connectivity index (χ0v) is 14.4. The quantitative estimate of drug-likeness (QED) is 0.235. The number of benzene rings is 2. The largest absolute Gasteiger partial charge is 0.461 e. The first-order valence-electron chi connectivity index (χ1n) is 8.02. The molecule has 2 aromatic rings. The van der Waals surface area contributed by atoms with E-state index in [1.54, 1.807) is 43.3 Å². The average Bonchev–Trinajstić information content (AvgIpc) is 2.64. The minimum absolute atomic E-state index is 0.00447. The number of ether oxygens (including phenoxy) is 1. The highest BCUT2D eigenvalue weighted by Crippen LogP contribution is 2.31. The van der Waals surface area contributed by atoms with Gasteiger partial charge in [-0.1, -0.05) is 55.1 Å². The number of carbonyl (C=O) groups is 2. The first-order valence-corrected chi connectivity index (χ1v) is 8.02. The topological polar surface area (TPSA) is 86.5 Å². The molecular weight excluding hydrogens is 334 g/mol. The van der Waals surface area contributed by atoms with Crippen molar-refractivity contribution in [2.75, 3.05) is 6.61 Å². The Morgan fingerprint density at radius 1 is 1.12 bits per heavy atom. The van der Waals surface area contributed by atoms with Gasteiger partial charge in [0, 0.05) is 23.6 Å². The number of hydrogen-bond donors (Lipinski definition) is 0. The molecule has 0 aliphatic rings. The van der Waals surface area contributed by atoms with E-state index in [2.05, 4.69) is 6.58 Å². The number of hydrogen-bond acceptors (Lipinski definition) is 5. The third kappa shape index (κ3) is 4.86. The number of nitro benzene ring substituents is 1. The average molecular weight is 353 g/mol. The second-order valence-corrected chi connectivity index (χ2v) is 5.93. The molecule has 0 amide bonds. The number of esters is 1. The molecule has 0 aliphatic heterocycles. The van der Waals surface area contributed by atoms with Crippen LogP contribution in [-0.2, 0) is 9.53 Å². The van der Waals surface area contributed by atoms with Crippen molar-refractivity contribution in [3.05, 3.63) is 88.0 Å². The van der Waals surface area contributed by atoms with Gasteiger partial charge in [-0.15, -0.1) is 0 Å². The fraction of sp³-hybridized carbons (Fsp3) is 0.200. The second kappa shape index (κ2) is 8.71. The van der Waals surface area contributed by atoms with Gasteiger partial charge in [0.2, 0.25) is 0 Å². The summed E-state index contributed by atoms with van der Waals surface area (Å²) in [5.74, 6) is -2.05. The number of para-hydroxylation sites is 1. The maximum absolute atomic E-state index is 12.6. The SMILES string of the molecule is C=C(C)COC(=O)C(CC(=O)c1ccccc1)c1ccccc1[N+](=O)[O-]. The van der Waals surface area contributed by atoms with Gasteiger partial charge in [0.15, 0.2) is 5.78 Å².